The molecule has 0 aliphatic rings. The summed E-state index contributed by atoms with van der Waals surface area (Å²) >= 11 is 0. The van der Waals surface area contributed by atoms with Gasteiger partial charge in [-0.05, 0) is 18.7 Å². The van der Waals surface area contributed by atoms with Gasteiger partial charge in [-0.15, -0.1) is 0 Å². The van der Waals surface area contributed by atoms with Crippen LogP contribution in [0.4, 0.5) is 5.69 Å². The van der Waals surface area contributed by atoms with E-state index in [1.807, 2.05) is 50.2 Å². The lowest BCUT2D eigenvalue weighted by atomic mass is 10.2. The van der Waals surface area contributed by atoms with Crippen molar-refractivity contribution in [1.82, 2.24) is 5.32 Å². The van der Waals surface area contributed by atoms with Crippen molar-refractivity contribution in [3.8, 4) is 11.8 Å². The van der Waals surface area contributed by atoms with Crippen molar-refractivity contribution in [2.45, 2.75) is 19.4 Å². The molecule has 1 aromatic rings. The third-order valence-corrected chi connectivity index (χ3v) is 2.62. The molecular formula is C14H21N3O. The highest BCUT2D eigenvalue weighted by atomic mass is 16.5. The third kappa shape index (κ3) is 4.64. The van der Waals surface area contributed by atoms with E-state index in [1.165, 1.54) is 0 Å². The second kappa shape index (κ2) is 7.57. The van der Waals surface area contributed by atoms with E-state index in [1.54, 1.807) is 0 Å². The van der Waals surface area contributed by atoms with E-state index in [-0.39, 0.29) is 6.04 Å². The molecule has 1 N–H and O–H groups in total. The van der Waals surface area contributed by atoms with Crippen LogP contribution in [0.1, 0.15) is 13.3 Å². The Balaban J connectivity index is 2.44. The average Bonchev–Trinajstić information content (AvgIpc) is 2.38. The molecule has 0 saturated heterocycles. The number of nitriles is 1. The molecule has 0 aliphatic carbocycles. The van der Waals surface area contributed by atoms with Crippen LogP contribution in [0.5, 0.6) is 5.75 Å². The predicted octanol–water partition coefficient (Wildman–Crippen LogP) is 2.02. The highest BCUT2D eigenvalue weighted by Gasteiger charge is 2.05. The summed E-state index contributed by atoms with van der Waals surface area (Å²) in [5, 5.41) is 12.0. The van der Waals surface area contributed by atoms with Gasteiger partial charge in [0.2, 0.25) is 0 Å². The molecule has 0 fully saturated rings. The van der Waals surface area contributed by atoms with Gasteiger partial charge in [-0.2, -0.15) is 5.26 Å². The molecule has 0 spiro atoms. The van der Waals surface area contributed by atoms with E-state index >= 15 is 0 Å². The first kappa shape index (κ1) is 14.3. The zero-order valence-electron chi connectivity index (χ0n) is 11.3. The SMILES string of the molecule is CCNC(C#N)CCOc1cccc(N(C)C)c1. The zero-order chi connectivity index (χ0) is 13.4. The van der Waals surface area contributed by atoms with Gasteiger partial charge in [-0.25, -0.2) is 0 Å². The van der Waals surface area contributed by atoms with Gasteiger partial charge >= 0.3 is 0 Å². The number of nitrogens with zero attached hydrogens (tertiary/aromatic N) is 2. The zero-order valence-corrected chi connectivity index (χ0v) is 11.3. The number of benzene rings is 1. The summed E-state index contributed by atoms with van der Waals surface area (Å²) in [5.74, 6) is 0.842. The number of hydrogen-bond acceptors (Lipinski definition) is 4. The van der Waals surface area contributed by atoms with E-state index in [0.717, 1.165) is 18.0 Å². The van der Waals surface area contributed by atoms with Crippen LogP contribution in [0.25, 0.3) is 0 Å². The number of anilines is 1. The average molecular weight is 247 g/mol. The number of hydrogen-bond donors (Lipinski definition) is 1. The van der Waals surface area contributed by atoms with Gasteiger partial charge in [-0.3, -0.25) is 0 Å². The fourth-order valence-electron chi connectivity index (χ4n) is 1.60. The highest BCUT2D eigenvalue weighted by Crippen LogP contribution is 2.19. The van der Waals surface area contributed by atoms with E-state index < -0.39 is 0 Å². The Hall–Kier alpha value is -1.73. The summed E-state index contributed by atoms with van der Waals surface area (Å²) in [7, 11) is 3.99. The largest absolute Gasteiger partial charge is 0.493 e. The Morgan fingerprint density at radius 2 is 2.22 bits per heavy atom. The van der Waals surface area contributed by atoms with Gasteiger partial charge in [0.05, 0.1) is 18.7 Å². The van der Waals surface area contributed by atoms with Crippen molar-refractivity contribution in [2.24, 2.45) is 0 Å². The molecule has 0 amide bonds. The van der Waals surface area contributed by atoms with Crippen molar-refractivity contribution < 1.29 is 4.74 Å². The molecule has 0 bridgehead atoms. The summed E-state index contributed by atoms with van der Waals surface area (Å²) in [5.41, 5.74) is 1.11. The molecule has 0 saturated carbocycles. The monoisotopic (exact) mass is 247 g/mol. The second-order valence-electron chi connectivity index (χ2n) is 4.27. The van der Waals surface area contributed by atoms with Crippen molar-refractivity contribution >= 4 is 5.69 Å². The quantitative estimate of drug-likeness (QED) is 0.801. The van der Waals surface area contributed by atoms with E-state index in [4.69, 9.17) is 10.00 Å². The van der Waals surface area contributed by atoms with E-state index in [2.05, 4.69) is 11.4 Å². The fraction of sp³-hybridized carbons (Fsp3) is 0.500. The normalized spacial score (nSPS) is 11.7. The Kier molecular flexibility index (Phi) is 6.03. The minimum atomic E-state index is -0.132. The van der Waals surface area contributed by atoms with Crippen LogP contribution in [0.3, 0.4) is 0 Å². The summed E-state index contributed by atoms with van der Waals surface area (Å²) < 4.78 is 5.66. The second-order valence-corrected chi connectivity index (χ2v) is 4.27. The van der Waals surface area contributed by atoms with Gasteiger partial charge < -0.3 is 15.0 Å². The van der Waals surface area contributed by atoms with Crippen LogP contribution in [-0.4, -0.2) is 33.3 Å². The van der Waals surface area contributed by atoms with Crippen LogP contribution in [0.15, 0.2) is 24.3 Å². The Bertz CT molecular complexity index is 398. The number of rotatable bonds is 7. The smallest absolute Gasteiger partial charge is 0.121 e. The first-order valence-electron chi connectivity index (χ1n) is 6.20. The molecule has 0 heterocycles. The van der Waals surface area contributed by atoms with E-state index in [0.29, 0.717) is 13.0 Å². The molecule has 0 radical (unpaired) electrons. The van der Waals surface area contributed by atoms with Gasteiger partial charge in [0, 0.05) is 32.3 Å². The number of nitrogens with one attached hydrogen (secondary N) is 1. The highest BCUT2D eigenvalue weighted by molar-refractivity contribution is 5.49. The fourth-order valence-corrected chi connectivity index (χ4v) is 1.60. The molecule has 1 unspecified atom stereocenters. The van der Waals surface area contributed by atoms with Gasteiger partial charge in [0.25, 0.3) is 0 Å². The molecular weight excluding hydrogens is 226 g/mol. The van der Waals surface area contributed by atoms with E-state index in [9.17, 15) is 0 Å². The Morgan fingerprint density at radius 3 is 2.83 bits per heavy atom. The summed E-state index contributed by atoms with van der Waals surface area (Å²) in [6, 6.07) is 10.0. The van der Waals surface area contributed by atoms with Crippen LogP contribution in [0, 0.1) is 11.3 Å². The molecule has 0 aromatic heterocycles. The molecule has 4 heteroatoms. The molecule has 4 nitrogen and oxygen atoms in total. The molecule has 1 rings (SSSR count). The third-order valence-electron chi connectivity index (χ3n) is 2.62. The van der Waals surface area contributed by atoms with Gasteiger partial charge in [-0.1, -0.05) is 13.0 Å². The summed E-state index contributed by atoms with van der Waals surface area (Å²) in [6.07, 6.45) is 0.691. The maximum Gasteiger partial charge on any atom is 0.121 e. The van der Waals surface area contributed by atoms with Crippen molar-refractivity contribution in [1.29, 1.82) is 5.26 Å². The molecule has 1 atom stereocenters. The standard InChI is InChI=1S/C14H21N3O/c1-4-16-12(11-15)8-9-18-14-7-5-6-13(10-14)17(2)3/h5-7,10,12,16H,4,8-9H2,1-3H3. The Labute approximate surface area is 109 Å². The maximum absolute atomic E-state index is 8.90. The van der Waals surface area contributed by atoms with Crippen molar-refractivity contribution in [3.05, 3.63) is 24.3 Å². The maximum atomic E-state index is 8.90. The van der Waals surface area contributed by atoms with Gasteiger partial charge in [0.15, 0.2) is 0 Å². The number of ether oxygens (including phenoxy) is 1. The van der Waals surface area contributed by atoms with Gasteiger partial charge in [0.1, 0.15) is 5.75 Å². The molecule has 1 aromatic carbocycles. The first-order chi connectivity index (χ1) is 8.67. The van der Waals surface area contributed by atoms with Crippen molar-refractivity contribution in [2.75, 3.05) is 32.1 Å². The lowest BCUT2D eigenvalue weighted by Gasteiger charge is -2.15. The minimum Gasteiger partial charge on any atom is -0.493 e. The van der Waals surface area contributed by atoms with Crippen LogP contribution >= 0.6 is 0 Å². The van der Waals surface area contributed by atoms with Crippen LogP contribution in [-0.2, 0) is 0 Å². The Morgan fingerprint density at radius 1 is 1.44 bits per heavy atom. The van der Waals surface area contributed by atoms with Crippen LogP contribution in [0.2, 0.25) is 0 Å². The molecule has 98 valence electrons. The first-order valence-corrected chi connectivity index (χ1v) is 6.20. The lowest BCUT2D eigenvalue weighted by molar-refractivity contribution is 0.298. The minimum absolute atomic E-state index is 0.132. The van der Waals surface area contributed by atoms with Crippen LogP contribution < -0.4 is 15.0 Å². The molecule has 0 aliphatic heterocycles. The topological polar surface area (TPSA) is 48.3 Å². The lowest BCUT2D eigenvalue weighted by Crippen LogP contribution is -2.28. The van der Waals surface area contributed by atoms with Crippen molar-refractivity contribution in [3.63, 3.8) is 0 Å². The predicted molar refractivity (Wildman–Crippen MR) is 74.0 cm³/mol. The molecule has 18 heavy (non-hydrogen) atoms. The summed E-state index contributed by atoms with van der Waals surface area (Å²) in [4.78, 5) is 2.03. The summed E-state index contributed by atoms with van der Waals surface area (Å²) in [6.45, 7) is 3.34.